The smallest absolute Gasteiger partial charge is 0.225 e. The highest BCUT2D eigenvalue weighted by atomic mass is 16.2. The van der Waals surface area contributed by atoms with E-state index in [1.54, 1.807) is 4.90 Å². The summed E-state index contributed by atoms with van der Waals surface area (Å²) < 4.78 is 0. The Kier molecular flexibility index (Phi) is 6.45. The third kappa shape index (κ3) is 4.77. The van der Waals surface area contributed by atoms with Gasteiger partial charge in [-0.1, -0.05) is 35.9 Å². The highest BCUT2D eigenvalue weighted by molar-refractivity contribution is 5.90. The molecule has 0 unspecified atom stereocenters. The second-order valence-corrected chi connectivity index (χ2v) is 9.46. The molecule has 168 valence electrons. The lowest BCUT2D eigenvalue weighted by Crippen LogP contribution is -2.31. The fourth-order valence-electron chi connectivity index (χ4n) is 4.89. The van der Waals surface area contributed by atoms with E-state index in [1.165, 1.54) is 16.7 Å². The third-order valence-electron chi connectivity index (χ3n) is 6.72. The molecule has 1 heterocycles. The molecule has 0 saturated heterocycles. The lowest BCUT2D eigenvalue weighted by Gasteiger charge is -2.29. The Morgan fingerprint density at radius 2 is 1.78 bits per heavy atom. The van der Waals surface area contributed by atoms with Crippen LogP contribution in [0, 0.1) is 19.8 Å². The van der Waals surface area contributed by atoms with Gasteiger partial charge in [-0.05, 0) is 75.6 Å². The van der Waals surface area contributed by atoms with Gasteiger partial charge < -0.3 is 10.2 Å². The van der Waals surface area contributed by atoms with Gasteiger partial charge in [-0.25, -0.2) is 9.97 Å². The average molecular weight is 431 g/mol. The van der Waals surface area contributed by atoms with Crippen LogP contribution < -0.4 is 5.32 Å². The van der Waals surface area contributed by atoms with Crippen molar-refractivity contribution in [1.82, 2.24) is 14.9 Å². The lowest BCUT2D eigenvalue weighted by molar-refractivity contribution is -0.134. The highest BCUT2D eigenvalue weighted by Gasteiger charge is 2.28. The van der Waals surface area contributed by atoms with E-state index >= 15 is 0 Å². The number of amides is 1. The van der Waals surface area contributed by atoms with Crippen molar-refractivity contribution in [3.05, 3.63) is 65.0 Å². The number of anilines is 1. The van der Waals surface area contributed by atoms with Gasteiger partial charge in [0, 0.05) is 31.4 Å². The molecule has 1 aliphatic rings. The molecule has 1 aromatic heterocycles. The second-order valence-electron chi connectivity index (χ2n) is 9.46. The molecule has 5 nitrogen and oxygen atoms in total. The van der Waals surface area contributed by atoms with Gasteiger partial charge >= 0.3 is 0 Å². The molecule has 1 N–H and O–H groups in total. The summed E-state index contributed by atoms with van der Waals surface area (Å²) in [5.74, 6) is 2.57. The van der Waals surface area contributed by atoms with E-state index in [0.717, 1.165) is 48.2 Å². The van der Waals surface area contributed by atoms with Crippen LogP contribution in [0.2, 0.25) is 0 Å². The SMILES string of the molecule is Cc1cccc([C@@H](C)Nc2nc(C)nc3ccc([C@H]4CC[C@H](C(=O)N(C)C)CC4)cc23)c1. The third-order valence-corrected chi connectivity index (χ3v) is 6.72. The Labute approximate surface area is 191 Å². The minimum Gasteiger partial charge on any atom is -0.363 e. The van der Waals surface area contributed by atoms with E-state index in [2.05, 4.69) is 66.6 Å². The molecule has 1 aliphatic carbocycles. The van der Waals surface area contributed by atoms with Crippen molar-refractivity contribution >= 4 is 22.6 Å². The van der Waals surface area contributed by atoms with Crippen LogP contribution in [0.1, 0.15) is 67.1 Å². The van der Waals surface area contributed by atoms with Crippen molar-refractivity contribution in [2.75, 3.05) is 19.4 Å². The number of hydrogen-bond donors (Lipinski definition) is 1. The summed E-state index contributed by atoms with van der Waals surface area (Å²) in [4.78, 5) is 23.5. The lowest BCUT2D eigenvalue weighted by atomic mass is 9.78. The molecule has 3 aromatic rings. The van der Waals surface area contributed by atoms with Crippen molar-refractivity contribution in [3.8, 4) is 0 Å². The molecule has 0 spiro atoms. The average Bonchev–Trinajstić information content (AvgIpc) is 2.78. The van der Waals surface area contributed by atoms with Crippen molar-refractivity contribution in [3.63, 3.8) is 0 Å². The molecule has 5 heteroatoms. The molecule has 1 amide bonds. The van der Waals surface area contributed by atoms with E-state index < -0.39 is 0 Å². The Balaban J connectivity index is 1.58. The van der Waals surface area contributed by atoms with Crippen molar-refractivity contribution in [2.24, 2.45) is 5.92 Å². The number of aryl methyl sites for hydroxylation is 2. The summed E-state index contributed by atoms with van der Waals surface area (Å²) >= 11 is 0. The topological polar surface area (TPSA) is 58.1 Å². The fourth-order valence-corrected chi connectivity index (χ4v) is 4.89. The largest absolute Gasteiger partial charge is 0.363 e. The zero-order valence-corrected chi connectivity index (χ0v) is 19.9. The Morgan fingerprint density at radius 3 is 2.47 bits per heavy atom. The van der Waals surface area contributed by atoms with E-state index in [1.807, 2.05) is 21.0 Å². The molecule has 1 saturated carbocycles. The summed E-state index contributed by atoms with van der Waals surface area (Å²) in [5.41, 5.74) is 4.79. The van der Waals surface area contributed by atoms with Crippen LogP contribution in [0.25, 0.3) is 10.9 Å². The summed E-state index contributed by atoms with van der Waals surface area (Å²) in [6.07, 6.45) is 4.01. The fraction of sp³-hybridized carbons (Fsp3) is 0.444. The van der Waals surface area contributed by atoms with Crippen molar-refractivity contribution < 1.29 is 4.79 Å². The molecular formula is C27H34N4O. The summed E-state index contributed by atoms with van der Waals surface area (Å²) in [6.45, 7) is 6.23. The van der Waals surface area contributed by atoms with Crippen LogP contribution in [-0.2, 0) is 4.79 Å². The number of carbonyl (C=O) groups is 1. The zero-order valence-electron chi connectivity index (χ0n) is 19.9. The predicted molar refractivity (Wildman–Crippen MR) is 131 cm³/mol. The Hall–Kier alpha value is -2.95. The summed E-state index contributed by atoms with van der Waals surface area (Å²) in [7, 11) is 3.71. The summed E-state index contributed by atoms with van der Waals surface area (Å²) in [5, 5.41) is 4.70. The molecule has 1 atom stereocenters. The van der Waals surface area contributed by atoms with Crippen molar-refractivity contribution in [2.45, 2.75) is 58.4 Å². The number of hydrogen-bond acceptors (Lipinski definition) is 4. The maximum atomic E-state index is 12.3. The van der Waals surface area contributed by atoms with Gasteiger partial charge in [0.2, 0.25) is 5.91 Å². The standard InChI is InChI=1S/C27H34N4O/c1-17-7-6-8-22(15-17)18(2)28-26-24-16-23(13-14-25(24)29-19(3)30-26)20-9-11-21(12-10-20)27(32)31(4)5/h6-8,13-16,18,20-21H,9-12H2,1-5H3,(H,28,29,30)/t18-,20-,21-/m1/s1. The monoisotopic (exact) mass is 430 g/mol. The number of fused-ring (bicyclic) bond motifs is 1. The van der Waals surface area contributed by atoms with E-state index in [-0.39, 0.29) is 17.9 Å². The number of benzene rings is 2. The molecule has 0 radical (unpaired) electrons. The van der Waals surface area contributed by atoms with Crippen LogP contribution in [0.4, 0.5) is 5.82 Å². The minimum atomic E-state index is 0.142. The van der Waals surface area contributed by atoms with Crippen LogP contribution in [0.15, 0.2) is 42.5 Å². The second kappa shape index (κ2) is 9.27. The van der Waals surface area contributed by atoms with Crippen LogP contribution in [-0.4, -0.2) is 34.9 Å². The van der Waals surface area contributed by atoms with Gasteiger partial charge in [0.15, 0.2) is 0 Å². The quantitative estimate of drug-likeness (QED) is 0.557. The van der Waals surface area contributed by atoms with Gasteiger partial charge in [0.25, 0.3) is 0 Å². The minimum absolute atomic E-state index is 0.142. The first kappa shape index (κ1) is 22.3. The molecule has 1 fully saturated rings. The number of nitrogens with one attached hydrogen (secondary N) is 1. The van der Waals surface area contributed by atoms with Crippen LogP contribution in [0.3, 0.4) is 0 Å². The maximum absolute atomic E-state index is 12.3. The van der Waals surface area contributed by atoms with E-state index in [0.29, 0.717) is 5.92 Å². The summed E-state index contributed by atoms with van der Waals surface area (Å²) in [6, 6.07) is 15.3. The molecule has 0 aliphatic heterocycles. The molecule has 2 aromatic carbocycles. The Morgan fingerprint density at radius 1 is 1.03 bits per heavy atom. The zero-order chi connectivity index (χ0) is 22.8. The van der Waals surface area contributed by atoms with Gasteiger partial charge in [0.1, 0.15) is 11.6 Å². The number of carbonyl (C=O) groups excluding carboxylic acids is 1. The first-order valence-electron chi connectivity index (χ1n) is 11.6. The molecule has 32 heavy (non-hydrogen) atoms. The molecular weight excluding hydrogens is 396 g/mol. The maximum Gasteiger partial charge on any atom is 0.225 e. The normalized spacial score (nSPS) is 19.5. The first-order valence-corrected chi connectivity index (χ1v) is 11.6. The van der Waals surface area contributed by atoms with Crippen LogP contribution in [0.5, 0.6) is 0 Å². The highest BCUT2D eigenvalue weighted by Crippen LogP contribution is 2.38. The first-order chi connectivity index (χ1) is 15.3. The van der Waals surface area contributed by atoms with Crippen molar-refractivity contribution in [1.29, 1.82) is 0 Å². The number of nitrogens with zero attached hydrogens (tertiary/aromatic N) is 3. The van der Waals surface area contributed by atoms with E-state index in [4.69, 9.17) is 4.98 Å². The molecule has 4 rings (SSSR count). The van der Waals surface area contributed by atoms with Gasteiger partial charge in [0.05, 0.1) is 5.52 Å². The van der Waals surface area contributed by atoms with Gasteiger partial charge in [-0.15, -0.1) is 0 Å². The predicted octanol–water partition coefficient (Wildman–Crippen LogP) is 5.78. The van der Waals surface area contributed by atoms with Crippen LogP contribution >= 0.6 is 0 Å². The number of rotatable bonds is 5. The Bertz CT molecular complexity index is 1120. The molecule has 0 bridgehead atoms. The van der Waals surface area contributed by atoms with E-state index in [9.17, 15) is 4.79 Å². The van der Waals surface area contributed by atoms with Gasteiger partial charge in [-0.2, -0.15) is 0 Å². The number of aromatic nitrogens is 2. The van der Waals surface area contributed by atoms with Gasteiger partial charge in [-0.3, -0.25) is 4.79 Å².